The number of nitrogens with one attached hydrogen (secondary N) is 1. The molecule has 0 unspecified atom stereocenters. The predicted octanol–water partition coefficient (Wildman–Crippen LogP) is 3.57. The van der Waals surface area contributed by atoms with Crippen LogP contribution in [-0.2, 0) is 4.74 Å². The van der Waals surface area contributed by atoms with E-state index in [4.69, 9.17) is 11.6 Å². The van der Waals surface area contributed by atoms with E-state index >= 15 is 0 Å². The molecule has 0 fully saturated rings. The molecule has 0 radical (unpaired) electrons. The summed E-state index contributed by atoms with van der Waals surface area (Å²) in [5, 5.41) is 4.69. The Balaban J connectivity index is 2.01. The first-order valence-corrected chi connectivity index (χ1v) is 6.30. The van der Waals surface area contributed by atoms with Crippen molar-refractivity contribution in [3.8, 4) is 0 Å². The number of rotatable bonds is 4. The molecular weight excluding hydrogens is 276 g/mol. The zero-order chi connectivity index (χ0) is 14.4. The van der Waals surface area contributed by atoms with E-state index in [1.807, 2.05) is 18.2 Å². The smallest absolute Gasteiger partial charge is 0.337 e. The van der Waals surface area contributed by atoms with Crippen LogP contribution >= 0.6 is 11.6 Å². The molecule has 2 rings (SSSR count). The molecule has 0 amide bonds. The van der Waals surface area contributed by atoms with Crippen molar-refractivity contribution in [3.05, 3.63) is 64.7 Å². The Bertz CT molecular complexity index is 624. The number of methoxy groups -OCH3 is 1. The van der Waals surface area contributed by atoms with Crippen LogP contribution in [0.2, 0.25) is 5.02 Å². The molecule has 0 saturated heterocycles. The van der Waals surface area contributed by atoms with Crippen LogP contribution in [0, 0.1) is 0 Å². The number of anilines is 1. The molecule has 0 aliphatic carbocycles. The van der Waals surface area contributed by atoms with Gasteiger partial charge in [-0.15, -0.1) is 0 Å². The lowest BCUT2D eigenvalue weighted by molar-refractivity contribution is 0.0601. The Hall–Kier alpha value is -2.33. The lowest BCUT2D eigenvalue weighted by Gasteiger charge is -2.02. The number of carbonyl (C=O) groups is 1. The largest absolute Gasteiger partial charge is 0.465 e. The lowest BCUT2D eigenvalue weighted by Crippen LogP contribution is -2.00. The van der Waals surface area contributed by atoms with Gasteiger partial charge in [0.1, 0.15) is 0 Å². The van der Waals surface area contributed by atoms with Crippen molar-refractivity contribution in [1.29, 1.82) is 0 Å². The summed E-state index contributed by atoms with van der Waals surface area (Å²) in [6.45, 7) is 0. The summed E-state index contributed by atoms with van der Waals surface area (Å²) in [6, 6.07) is 14.3. The Labute approximate surface area is 122 Å². The van der Waals surface area contributed by atoms with Crippen molar-refractivity contribution in [2.75, 3.05) is 12.5 Å². The highest BCUT2D eigenvalue weighted by Gasteiger charge is 2.03. The second-order valence-electron chi connectivity index (χ2n) is 3.96. The van der Waals surface area contributed by atoms with Gasteiger partial charge in [-0.3, -0.25) is 5.43 Å². The summed E-state index contributed by atoms with van der Waals surface area (Å²) in [6.07, 6.45) is 1.64. The average molecular weight is 289 g/mol. The molecule has 2 aromatic rings. The van der Waals surface area contributed by atoms with Crippen LogP contribution in [-0.4, -0.2) is 19.3 Å². The summed E-state index contributed by atoms with van der Waals surface area (Å²) in [7, 11) is 1.35. The topological polar surface area (TPSA) is 50.7 Å². The quantitative estimate of drug-likeness (QED) is 0.531. The van der Waals surface area contributed by atoms with Gasteiger partial charge >= 0.3 is 5.97 Å². The molecule has 1 N–H and O–H groups in total. The molecule has 0 aliphatic rings. The fourth-order valence-corrected chi connectivity index (χ4v) is 1.73. The first kappa shape index (κ1) is 14.1. The van der Waals surface area contributed by atoms with E-state index in [1.165, 1.54) is 7.11 Å². The van der Waals surface area contributed by atoms with Gasteiger partial charge < -0.3 is 4.74 Å². The number of hydrogen-bond acceptors (Lipinski definition) is 4. The zero-order valence-corrected chi connectivity index (χ0v) is 11.6. The number of carbonyl (C=O) groups excluding carboxylic acids is 1. The summed E-state index contributed by atoms with van der Waals surface area (Å²) in [4.78, 5) is 11.3. The number of hydrazone groups is 1. The van der Waals surface area contributed by atoms with Gasteiger partial charge in [-0.2, -0.15) is 5.10 Å². The van der Waals surface area contributed by atoms with Crippen molar-refractivity contribution in [2.24, 2.45) is 5.10 Å². The fraction of sp³-hybridized carbons (Fsp3) is 0.0667. The number of benzene rings is 2. The molecule has 0 bridgehead atoms. The Morgan fingerprint density at radius 2 is 1.90 bits per heavy atom. The molecule has 2 aromatic carbocycles. The number of nitrogens with zero attached hydrogens (tertiary/aromatic N) is 1. The minimum atomic E-state index is -0.359. The third-order valence-electron chi connectivity index (χ3n) is 2.60. The molecule has 0 heterocycles. The molecular formula is C15H13ClN2O2. The van der Waals surface area contributed by atoms with E-state index in [1.54, 1.807) is 36.5 Å². The van der Waals surface area contributed by atoms with E-state index in [0.29, 0.717) is 10.6 Å². The van der Waals surface area contributed by atoms with Gasteiger partial charge in [0, 0.05) is 0 Å². The monoisotopic (exact) mass is 288 g/mol. The maximum Gasteiger partial charge on any atom is 0.337 e. The zero-order valence-electron chi connectivity index (χ0n) is 10.8. The van der Waals surface area contributed by atoms with Gasteiger partial charge in [-0.25, -0.2) is 4.79 Å². The first-order valence-electron chi connectivity index (χ1n) is 5.92. The summed E-state index contributed by atoms with van der Waals surface area (Å²) >= 11 is 5.99. The highest BCUT2D eigenvalue weighted by Crippen LogP contribution is 2.20. The Morgan fingerprint density at radius 3 is 2.55 bits per heavy atom. The average Bonchev–Trinajstić information content (AvgIpc) is 2.49. The van der Waals surface area contributed by atoms with Gasteiger partial charge in [0.05, 0.1) is 29.6 Å². The van der Waals surface area contributed by atoms with E-state index in [9.17, 15) is 4.79 Å². The third-order valence-corrected chi connectivity index (χ3v) is 2.93. The van der Waals surface area contributed by atoms with Crippen LogP contribution in [0.4, 0.5) is 5.69 Å². The predicted molar refractivity (Wildman–Crippen MR) is 80.5 cm³/mol. The molecule has 102 valence electrons. The van der Waals surface area contributed by atoms with Crippen LogP contribution in [0.5, 0.6) is 0 Å². The molecule has 0 atom stereocenters. The van der Waals surface area contributed by atoms with Gasteiger partial charge in [0.2, 0.25) is 0 Å². The molecule has 0 spiro atoms. The molecule has 0 aliphatic heterocycles. The Kier molecular flexibility index (Phi) is 4.74. The van der Waals surface area contributed by atoms with Gasteiger partial charge in [0.15, 0.2) is 0 Å². The molecule has 0 saturated carbocycles. The van der Waals surface area contributed by atoms with Crippen molar-refractivity contribution < 1.29 is 9.53 Å². The highest BCUT2D eigenvalue weighted by atomic mass is 35.5. The van der Waals surface area contributed by atoms with Crippen LogP contribution in [0.3, 0.4) is 0 Å². The highest BCUT2D eigenvalue weighted by molar-refractivity contribution is 6.33. The standard InChI is InChI=1S/C15H13ClN2O2/c1-20-15(19)12-8-6-11(7-9-12)10-17-18-14-5-3-2-4-13(14)16/h2-10,18H,1H3/b17-10-. The number of ether oxygens (including phenoxy) is 1. The SMILES string of the molecule is COC(=O)c1ccc(/C=N\Nc2ccccc2Cl)cc1. The van der Waals surface area contributed by atoms with E-state index in [2.05, 4.69) is 15.3 Å². The van der Waals surface area contributed by atoms with E-state index < -0.39 is 0 Å². The molecule has 0 aromatic heterocycles. The number of esters is 1. The number of para-hydroxylation sites is 1. The second kappa shape index (κ2) is 6.73. The summed E-state index contributed by atoms with van der Waals surface area (Å²) in [5.41, 5.74) is 4.95. The van der Waals surface area contributed by atoms with Crippen molar-refractivity contribution >= 4 is 29.5 Å². The molecule has 20 heavy (non-hydrogen) atoms. The van der Waals surface area contributed by atoms with Gasteiger partial charge in [-0.1, -0.05) is 35.9 Å². The van der Waals surface area contributed by atoms with Gasteiger partial charge in [0.25, 0.3) is 0 Å². The van der Waals surface area contributed by atoms with Crippen LogP contribution in [0.15, 0.2) is 53.6 Å². The van der Waals surface area contributed by atoms with Crippen molar-refractivity contribution in [1.82, 2.24) is 0 Å². The third kappa shape index (κ3) is 3.59. The number of hydrogen-bond donors (Lipinski definition) is 1. The minimum absolute atomic E-state index is 0.359. The summed E-state index contributed by atoms with van der Waals surface area (Å²) in [5.74, 6) is -0.359. The van der Waals surface area contributed by atoms with Gasteiger partial charge in [-0.05, 0) is 29.8 Å². The Morgan fingerprint density at radius 1 is 1.20 bits per heavy atom. The minimum Gasteiger partial charge on any atom is -0.465 e. The lowest BCUT2D eigenvalue weighted by atomic mass is 10.1. The maximum absolute atomic E-state index is 11.3. The normalized spacial score (nSPS) is 10.5. The first-order chi connectivity index (χ1) is 9.70. The van der Waals surface area contributed by atoms with Crippen LogP contribution in [0.1, 0.15) is 15.9 Å². The fourth-order valence-electron chi connectivity index (χ4n) is 1.55. The van der Waals surface area contributed by atoms with E-state index in [0.717, 1.165) is 11.3 Å². The number of halogens is 1. The van der Waals surface area contributed by atoms with Crippen molar-refractivity contribution in [3.63, 3.8) is 0 Å². The van der Waals surface area contributed by atoms with Crippen LogP contribution < -0.4 is 5.43 Å². The van der Waals surface area contributed by atoms with Crippen molar-refractivity contribution in [2.45, 2.75) is 0 Å². The summed E-state index contributed by atoms with van der Waals surface area (Å²) < 4.78 is 4.63. The van der Waals surface area contributed by atoms with Crippen LogP contribution in [0.25, 0.3) is 0 Å². The molecule has 5 heteroatoms. The van der Waals surface area contributed by atoms with E-state index in [-0.39, 0.29) is 5.97 Å². The second-order valence-corrected chi connectivity index (χ2v) is 4.37. The molecule has 4 nitrogen and oxygen atoms in total. The maximum atomic E-state index is 11.3.